The molecule has 0 amide bonds. The summed E-state index contributed by atoms with van der Waals surface area (Å²) < 4.78 is 5.80. The zero-order valence-electron chi connectivity index (χ0n) is 11.7. The van der Waals surface area contributed by atoms with Gasteiger partial charge in [-0.1, -0.05) is 24.3 Å². The Hall–Kier alpha value is -2.46. The van der Waals surface area contributed by atoms with E-state index in [4.69, 9.17) is 4.42 Å². The molecule has 21 heavy (non-hydrogen) atoms. The fourth-order valence-electron chi connectivity index (χ4n) is 2.28. The van der Waals surface area contributed by atoms with E-state index in [1.54, 1.807) is 12.1 Å². The van der Waals surface area contributed by atoms with Crippen LogP contribution in [0.2, 0.25) is 0 Å². The van der Waals surface area contributed by atoms with Crippen molar-refractivity contribution in [1.82, 2.24) is 5.32 Å². The number of hydrogen-bond donors (Lipinski definition) is 3. The molecule has 1 unspecified atom stereocenters. The number of rotatable bonds is 4. The lowest BCUT2D eigenvalue weighted by Gasteiger charge is -2.12. The van der Waals surface area contributed by atoms with E-state index in [0.29, 0.717) is 6.54 Å². The van der Waals surface area contributed by atoms with Crippen molar-refractivity contribution in [3.05, 3.63) is 59.9 Å². The minimum absolute atomic E-state index is 0.0191. The van der Waals surface area contributed by atoms with Gasteiger partial charge in [-0.3, -0.25) is 0 Å². The molecular formula is C17H17NO3. The molecule has 0 aliphatic carbocycles. The zero-order chi connectivity index (χ0) is 14.8. The lowest BCUT2D eigenvalue weighted by molar-refractivity contribution is 0.429. The number of furan rings is 1. The molecule has 4 heteroatoms. The molecule has 0 radical (unpaired) electrons. The molecule has 4 nitrogen and oxygen atoms in total. The topological polar surface area (TPSA) is 65.6 Å². The highest BCUT2D eigenvalue weighted by molar-refractivity contribution is 5.77. The Kier molecular flexibility index (Phi) is 3.54. The van der Waals surface area contributed by atoms with Crippen LogP contribution in [0.5, 0.6) is 11.5 Å². The number of nitrogens with one attached hydrogen (secondary N) is 1. The van der Waals surface area contributed by atoms with Gasteiger partial charge < -0.3 is 19.9 Å². The second kappa shape index (κ2) is 5.50. The third-order valence-corrected chi connectivity index (χ3v) is 3.54. The lowest BCUT2D eigenvalue weighted by Crippen LogP contribution is -2.17. The molecule has 3 aromatic rings. The highest BCUT2D eigenvalue weighted by atomic mass is 16.3. The molecule has 1 aromatic heterocycles. The molecule has 2 aromatic carbocycles. The summed E-state index contributed by atoms with van der Waals surface area (Å²) in [5.74, 6) is 0.996. The van der Waals surface area contributed by atoms with Crippen molar-refractivity contribution < 1.29 is 14.6 Å². The maximum Gasteiger partial charge on any atom is 0.134 e. The summed E-state index contributed by atoms with van der Waals surface area (Å²) in [4.78, 5) is 0. The normalized spacial score (nSPS) is 12.6. The monoisotopic (exact) mass is 283 g/mol. The van der Waals surface area contributed by atoms with E-state index in [1.165, 1.54) is 6.07 Å². The second-order valence-electron chi connectivity index (χ2n) is 5.10. The predicted molar refractivity (Wildman–Crippen MR) is 81.2 cm³/mol. The highest BCUT2D eigenvalue weighted by Crippen LogP contribution is 2.25. The molecule has 3 N–H and O–H groups in total. The van der Waals surface area contributed by atoms with Crippen molar-refractivity contribution in [3.63, 3.8) is 0 Å². The van der Waals surface area contributed by atoms with Gasteiger partial charge in [-0.05, 0) is 25.1 Å². The Bertz CT molecular complexity index is 731. The number of aromatic hydroxyl groups is 2. The number of fused-ring (bicyclic) bond motifs is 1. The molecule has 1 atom stereocenters. The van der Waals surface area contributed by atoms with Crippen molar-refractivity contribution in [1.29, 1.82) is 0 Å². The average Bonchev–Trinajstić information content (AvgIpc) is 2.90. The summed E-state index contributed by atoms with van der Waals surface area (Å²) in [6.07, 6.45) is 0. The standard InChI is InChI=1S/C17H17NO3/c1-11(17-8-12-4-2-3-5-16(12)21-17)18-10-13-6-7-14(19)9-15(13)20/h2-9,11,18-20H,10H2,1H3. The van der Waals surface area contributed by atoms with Crippen LogP contribution in [0.1, 0.15) is 24.3 Å². The maximum absolute atomic E-state index is 9.77. The van der Waals surface area contributed by atoms with Crippen LogP contribution in [0.25, 0.3) is 11.0 Å². The average molecular weight is 283 g/mol. The van der Waals surface area contributed by atoms with Crippen LogP contribution < -0.4 is 5.32 Å². The van der Waals surface area contributed by atoms with Gasteiger partial charge in [0.1, 0.15) is 22.8 Å². The Balaban J connectivity index is 1.72. The summed E-state index contributed by atoms with van der Waals surface area (Å²) in [5, 5.41) is 23.4. The number of benzene rings is 2. The predicted octanol–water partition coefficient (Wildman–Crippen LogP) is 3.69. The molecule has 0 saturated carbocycles. The van der Waals surface area contributed by atoms with Crippen LogP contribution in [0.15, 0.2) is 52.9 Å². The van der Waals surface area contributed by atoms with Gasteiger partial charge in [0.05, 0.1) is 6.04 Å². The van der Waals surface area contributed by atoms with Crippen molar-refractivity contribution in [3.8, 4) is 11.5 Å². The Morgan fingerprint density at radius 2 is 1.90 bits per heavy atom. The largest absolute Gasteiger partial charge is 0.508 e. The van der Waals surface area contributed by atoms with E-state index in [9.17, 15) is 10.2 Å². The second-order valence-corrected chi connectivity index (χ2v) is 5.10. The summed E-state index contributed by atoms with van der Waals surface area (Å²) in [5.41, 5.74) is 1.60. The number of phenols is 2. The van der Waals surface area contributed by atoms with E-state index >= 15 is 0 Å². The zero-order valence-corrected chi connectivity index (χ0v) is 11.7. The third-order valence-electron chi connectivity index (χ3n) is 3.54. The maximum atomic E-state index is 9.77. The first-order valence-corrected chi connectivity index (χ1v) is 6.86. The van der Waals surface area contributed by atoms with Gasteiger partial charge in [0.2, 0.25) is 0 Å². The molecule has 0 bridgehead atoms. The van der Waals surface area contributed by atoms with Gasteiger partial charge in [0, 0.05) is 23.6 Å². The lowest BCUT2D eigenvalue weighted by atomic mass is 10.1. The van der Waals surface area contributed by atoms with Crippen molar-refractivity contribution in [2.45, 2.75) is 19.5 Å². The van der Waals surface area contributed by atoms with Crippen LogP contribution in [-0.2, 0) is 6.54 Å². The van der Waals surface area contributed by atoms with Gasteiger partial charge in [-0.25, -0.2) is 0 Å². The fourth-order valence-corrected chi connectivity index (χ4v) is 2.28. The molecule has 0 fully saturated rings. The van der Waals surface area contributed by atoms with E-state index in [-0.39, 0.29) is 17.5 Å². The minimum Gasteiger partial charge on any atom is -0.508 e. The van der Waals surface area contributed by atoms with Gasteiger partial charge in [0.25, 0.3) is 0 Å². The van der Waals surface area contributed by atoms with Gasteiger partial charge in [0.15, 0.2) is 0 Å². The molecule has 108 valence electrons. The quantitative estimate of drug-likeness (QED) is 0.683. The summed E-state index contributed by atoms with van der Waals surface area (Å²) in [6.45, 7) is 2.50. The van der Waals surface area contributed by atoms with Gasteiger partial charge >= 0.3 is 0 Å². The van der Waals surface area contributed by atoms with Crippen molar-refractivity contribution in [2.24, 2.45) is 0 Å². The third kappa shape index (κ3) is 2.85. The van der Waals surface area contributed by atoms with Crippen LogP contribution in [0.3, 0.4) is 0 Å². The molecule has 0 aliphatic rings. The Labute approximate surface area is 122 Å². The summed E-state index contributed by atoms with van der Waals surface area (Å²) in [7, 11) is 0. The first-order valence-electron chi connectivity index (χ1n) is 6.86. The van der Waals surface area contributed by atoms with Crippen LogP contribution in [0.4, 0.5) is 0 Å². The molecule has 0 spiro atoms. The minimum atomic E-state index is 0.0191. The fraction of sp³-hybridized carbons (Fsp3) is 0.176. The molecule has 3 rings (SSSR count). The Morgan fingerprint density at radius 1 is 1.10 bits per heavy atom. The molecule has 1 heterocycles. The molecule has 0 saturated heterocycles. The first kappa shape index (κ1) is 13.5. The summed E-state index contributed by atoms with van der Waals surface area (Å²) in [6, 6.07) is 14.5. The van der Waals surface area contributed by atoms with Gasteiger partial charge in [-0.15, -0.1) is 0 Å². The SMILES string of the molecule is CC(NCc1ccc(O)cc1O)c1cc2ccccc2o1. The van der Waals surface area contributed by atoms with Crippen molar-refractivity contribution >= 4 is 11.0 Å². The van der Waals surface area contributed by atoms with E-state index < -0.39 is 0 Å². The van der Waals surface area contributed by atoms with E-state index in [2.05, 4.69) is 5.32 Å². The van der Waals surface area contributed by atoms with Crippen molar-refractivity contribution in [2.75, 3.05) is 0 Å². The first-order chi connectivity index (χ1) is 10.1. The number of para-hydroxylation sites is 1. The van der Waals surface area contributed by atoms with E-state index in [0.717, 1.165) is 22.3 Å². The van der Waals surface area contributed by atoms with Crippen LogP contribution >= 0.6 is 0 Å². The molecular weight excluding hydrogens is 266 g/mol. The Morgan fingerprint density at radius 3 is 2.67 bits per heavy atom. The highest BCUT2D eigenvalue weighted by Gasteiger charge is 2.12. The van der Waals surface area contributed by atoms with E-state index in [1.807, 2.05) is 37.3 Å². The van der Waals surface area contributed by atoms with Gasteiger partial charge in [-0.2, -0.15) is 0 Å². The van der Waals surface area contributed by atoms with Crippen LogP contribution in [0, 0.1) is 0 Å². The van der Waals surface area contributed by atoms with Crippen LogP contribution in [-0.4, -0.2) is 10.2 Å². The molecule has 0 aliphatic heterocycles. The smallest absolute Gasteiger partial charge is 0.134 e. The summed E-state index contributed by atoms with van der Waals surface area (Å²) >= 11 is 0. The number of phenolic OH excluding ortho intramolecular Hbond substituents is 2. The number of hydrogen-bond acceptors (Lipinski definition) is 4.